The van der Waals surface area contributed by atoms with Crippen LogP contribution in [0.3, 0.4) is 0 Å². The van der Waals surface area contributed by atoms with E-state index >= 15 is 0 Å². The van der Waals surface area contributed by atoms with Gasteiger partial charge in [-0.15, -0.1) is 22.7 Å². The van der Waals surface area contributed by atoms with Gasteiger partial charge in [0.2, 0.25) is 5.91 Å². The van der Waals surface area contributed by atoms with Crippen molar-refractivity contribution in [1.82, 2.24) is 14.4 Å². The molecule has 0 spiro atoms. The van der Waals surface area contributed by atoms with Crippen molar-refractivity contribution in [2.45, 2.75) is 6.42 Å². The summed E-state index contributed by atoms with van der Waals surface area (Å²) in [6.45, 7) is 0. The summed E-state index contributed by atoms with van der Waals surface area (Å²) < 4.78 is 1.95. The van der Waals surface area contributed by atoms with E-state index in [4.69, 9.17) is 11.6 Å². The number of rotatable bonds is 4. The van der Waals surface area contributed by atoms with Crippen molar-refractivity contribution in [3.05, 3.63) is 58.1 Å². The number of nitrogens with one attached hydrogen (secondary N) is 1. The molecule has 0 radical (unpaired) electrons. The lowest BCUT2D eigenvalue weighted by molar-refractivity contribution is -0.115. The minimum absolute atomic E-state index is 0.0913. The molecular weight excluding hydrogens is 364 g/mol. The van der Waals surface area contributed by atoms with E-state index in [-0.39, 0.29) is 12.3 Å². The fraction of sp³-hybridized carbons (Fsp3) is 0.0625. The Balaban J connectivity index is 1.58. The summed E-state index contributed by atoms with van der Waals surface area (Å²) in [6, 6.07) is 7.55. The first kappa shape index (κ1) is 15.3. The van der Waals surface area contributed by atoms with Crippen LogP contribution in [-0.4, -0.2) is 20.3 Å². The molecule has 1 aromatic carbocycles. The van der Waals surface area contributed by atoms with Gasteiger partial charge in [-0.3, -0.25) is 9.20 Å². The van der Waals surface area contributed by atoms with E-state index in [0.29, 0.717) is 10.2 Å². The van der Waals surface area contributed by atoms with E-state index < -0.39 is 0 Å². The van der Waals surface area contributed by atoms with Gasteiger partial charge in [-0.1, -0.05) is 23.7 Å². The Morgan fingerprint density at radius 3 is 2.83 bits per heavy atom. The summed E-state index contributed by atoms with van der Waals surface area (Å²) in [4.78, 5) is 21.7. The van der Waals surface area contributed by atoms with E-state index in [2.05, 4.69) is 15.3 Å². The van der Waals surface area contributed by atoms with Crippen molar-refractivity contribution in [2.24, 2.45) is 0 Å². The van der Waals surface area contributed by atoms with Crippen LogP contribution >= 0.6 is 34.3 Å². The molecule has 24 heavy (non-hydrogen) atoms. The van der Waals surface area contributed by atoms with Crippen LogP contribution in [0.4, 0.5) is 5.13 Å². The Morgan fingerprint density at radius 1 is 1.25 bits per heavy atom. The number of anilines is 1. The van der Waals surface area contributed by atoms with Crippen LogP contribution in [0.1, 0.15) is 5.69 Å². The topological polar surface area (TPSA) is 59.3 Å². The fourth-order valence-electron chi connectivity index (χ4n) is 2.33. The lowest BCUT2D eigenvalue weighted by Gasteiger charge is -2.01. The molecule has 4 aromatic rings. The second-order valence-corrected chi connectivity index (χ2v) is 7.24. The number of aromatic nitrogens is 3. The zero-order valence-corrected chi connectivity index (χ0v) is 14.7. The second kappa shape index (κ2) is 6.35. The van der Waals surface area contributed by atoms with Gasteiger partial charge in [0.1, 0.15) is 0 Å². The van der Waals surface area contributed by atoms with Gasteiger partial charge in [0, 0.05) is 39.4 Å². The number of carbonyl (C=O) groups is 1. The van der Waals surface area contributed by atoms with Gasteiger partial charge in [-0.25, -0.2) is 9.97 Å². The third kappa shape index (κ3) is 3.06. The number of hydrogen-bond donors (Lipinski definition) is 1. The van der Waals surface area contributed by atoms with E-state index in [1.807, 2.05) is 45.6 Å². The van der Waals surface area contributed by atoms with E-state index in [1.165, 1.54) is 22.7 Å². The van der Waals surface area contributed by atoms with Crippen molar-refractivity contribution >= 4 is 50.3 Å². The number of amides is 1. The molecule has 0 unspecified atom stereocenters. The molecule has 0 aliphatic carbocycles. The molecule has 3 heterocycles. The molecule has 3 aromatic heterocycles. The van der Waals surface area contributed by atoms with Crippen LogP contribution in [0, 0.1) is 0 Å². The third-order valence-electron chi connectivity index (χ3n) is 3.44. The van der Waals surface area contributed by atoms with Crippen LogP contribution in [-0.2, 0) is 11.2 Å². The fourth-order valence-corrected chi connectivity index (χ4v) is 3.87. The van der Waals surface area contributed by atoms with Crippen LogP contribution in [0.5, 0.6) is 0 Å². The monoisotopic (exact) mass is 374 g/mol. The predicted octanol–water partition coefficient (Wildman–Crippen LogP) is 4.35. The van der Waals surface area contributed by atoms with Crippen molar-refractivity contribution in [3.63, 3.8) is 0 Å². The molecule has 0 fully saturated rings. The van der Waals surface area contributed by atoms with Gasteiger partial charge in [-0.2, -0.15) is 0 Å². The molecule has 0 saturated carbocycles. The number of imidazole rings is 1. The molecule has 0 saturated heterocycles. The highest BCUT2D eigenvalue weighted by Gasteiger charge is 2.13. The number of carbonyl (C=O) groups excluding carboxylic acids is 1. The summed E-state index contributed by atoms with van der Waals surface area (Å²) in [5.41, 5.74) is 2.75. The number of hydrogen-bond acceptors (Lipinski definition) is 5. The maximum Gasteiger partial charge on any atom is 0.232 e. The first-order valence-electron chi connectivity index (χ1n) is 7.10. The van der Waals surface area contributed by atoms with Gasteiger partial charge in [0.15, 0.2) is 10.1 Å². The molecule has 0 bridgehead atoms. The smallest absolute Gasteiger partial charge is 0.232 e. The van der Waals surface area contributed by atoms with E-state index in [1.54, 1.807) is 6.20 Å². The van der Waals surface area contributed by atoms with E-state index in [9.17, 15) is 4.79 Å². The molecule has 5 nitrogen and oxygen atoms in total. The summed E-state index contributed by atoms with van der Waals surface area (Å²) >= 11 is 8.84. The number of nitrogens with zero attached hydrogens (tertiary/aromatic N) is 3. The lowest BCUT2D eigenvalue weighted by Crippen LogP contribution is -2.15. The highest BCUT2D eigenvalue weighted by atomic mass is 35.5. The Bertz CT molecular complexity index is 989. The SMILES string of the molecule is O=C(Cc1csc2nc(-c3ccc(Cl)cc3)cn12)Nc1nccs1. The highest BCUT2D eigenvalue weighted by molar-refractivity contribution is 7.15. The summed E-state index contributed by atoms with van der Waals surface area (Å²) in [7, 11) is 0. The quantitative estimate of drug-likeness (QED) is 0.577. The molecule has 120 valence electrons. The molecule has 1 N–H and O–H groups in total. The molecule has 8 heteroatoms. The van der Waals surface area contributed by atoms with Gasteiger partial charge in [0.25, 0.3) is 0 Å². The molecule has 0 aliphatic rings. The zero-order chi connectivity index (χ0) is 16.5. The Morgan fingerprint density at radius 2 is 2.08 bits per heavy atom. The van der Waals surface area contributed by atoms with E-state index in [0.717, 1.165) is 21.9 Å². The van der Waals surface area contributed by atoms with Crippen molar-refractivity contribution in [2.75, 3.05) is 5.32 Å². The Labute approximate surface area is 150 Å². The number of halogens is 1. The third-order valence-corrected chi connectivity index (χ3v) is 5.27. The molecule has 0 atom stereocenters. The van der Waals surface area contributed by atoms with Crippen LogP contribution < -0.4 is 5.32 Å². The van der Waals surface area contributed by atoms with Crippen LogP contribution in [0.2, 0.25) is 5.02 Å². The second-order valence-electron chi connectivity index (χ2n) is 5.07. The normalized spacial score (nSPS) is 11.0. The summed E-state index contributed by atoms with van der Waals surface area (Å²) in [6.07, 6.45) is 3.88. The lowest BCUT2D eigenvalue weighted by atomic mass is 10.2. The van der Waals surface area contributed by atoms with Gasteiger partial charge in [0.05, 0.1) is 12.1 Å². The largest absolute Gasteiger partial charge is 0.302 e. The summed E-state index contributed by atoms with van der Waals surface area (Å²) in [5, 5.41) is 7.88. The average Bonchev–Trinajstić information content (AvgIpc) is 3.27. The van der Waals surface area contributed by atoms with Gasteiger partial charge >= 0.3 is 0 Å². The van der Waals surface area contributed by atoms with Gasteiger partial charge in [-0.05, 0) is 12.1 Å². The predicted molar refractivity (Wildman–Crippen MR) is 98.0 cm³/mol. The summed E-state index contributed by atoms with van der Waals surface area (Å²) in [5.74, 6) is -0.0913. The number of fused-ring (bicyclic) bond motifs is 1. The molecule has 4 rings (SSSR count). The Kier molecular flexibility index (Phi) is 4.05. The van der Waals surface area contributed by atoms with Crippen molar-refractivity contribution in [3.8, 4) is 11.3 Å². The maximum absolute atomic E-state index is 12.1. The first-order chi connectivity index (χ1) is 11.7. The van der Waals surface area contributed by atoms with Crippen LogP contribution in [0.15, 0.2) is 47.4 Å². The zero-order valence-electron chi connectivity index (χ0n) is 12.3. The minimum atomic E-state index is -0.0913. The Hall–Kier alpha value is -2.22. The molecule has 0 aliphatic heterocycles. The van der Waals surface area contributed by atoms with Crippen molar-refractivity contribution in [1.29, 1.82) is 0 Å². The van der Waals surface area contributed by atoms with Gasteiger partial charge < -0.3 is 5.32 Å². The maximum atomic E-state index is 12.1. The standard InChI is InChI=1S/C16H11ClN4OS2/c17-11-3-1-10(2-4-11)13-8-21-12(9-24-16(21)19-13)7-14(22)20-15-18-5-6-23-15/h1-6,8-9H,7H2,(H,18,20,22). The molecular formula is C16H11ClN4OS2. The number of benzene rings is 1. The average molecular weight is 375 g/mol. The van der Waals surface area contributed by atoms with Crippen LogP contribution in [0.25, 0.3) is 16.2 Å². The highest BCUT2D eigenvalue weighted by Crippen LogP contribution is 2.25. The van der Waals surface area contributed by atoms with Crippen molar-refractivity contribution < 1.29 is 4.79 Å². The number of thiazole rings is 2. The molecule has 1 amide bonds. The first-order valence-corrected chi connectivity index (χ1v) is 9.23. The minimum Gasteiger partial charge on any atom is -0.302 e.